The van der Waals surface area contributed by atoms with E-state index in [-0.39, 0.29) is 36.4 Å². The number of rotatable bonds is 7. The summed E-state index contributed by atoms with van der Waals surface area (Å²) in [6.07, 6.45) is 1.85. The molecule has 0 bridgehead atoms. The van der Waals surface area contributed by atoms with Gasteiger partial charge in [-0.05, 0) is 24.6 Å². The summed E-state index contributed by atoms with van der Waals surface area (Å²) in [6.45, 7) is 0.589. The summed E-state index contributed by atoms with van der Waals surface area (Å²) in [5, 5.41) is 16.0. The van der Waals surface area contributed by atoms with Crippen LogP contribution in [0.3, 0.4) is 0 Å². The highest BCUT2D eigenvalue weighted by Gasteiger charge is 2.36. The van der Waals surface area contributed by atoms with Crippen molar-refractivity contribution >= 4 is 23.5 Å². The molecule has 0 saturated heterocycles. The number of fused-ring (bicyclic) bond motifs is 1. The number of hydrogen-bond donors (Lipinski definition) is 2. The lowest BCUT2D eigenvalue weighted by Crippen LogP contribution is -2.37. The average molecular weight is 372 g/mol. The number of carbonyl (C=O) groups is 3. The molecule has 1 aromatic carbocycles. The number of nitrogens with zero attached hydrogens (tertiary/aromatic N) is 2. The smallest absolute Gasteiger partial charge is 0.315 e. The average Bonchev–Trinajstić information content (AvgIpc) is 3.25. The van der Waals surface area contributed by atoms with Crippen LogP contribution in [-0.2, 0) is 6.54 Å². The number of hydrogen-bond acceptors (Lipinski definition) is 6. The lowest BCUT2D eigenvalue weighted by atomic mass is 10.1. The molecule has 2 aromatic rings. The van der Waals surface area contributed by atoms with Gasteiger partial charge in [-0.1, -0.05) is 0 Å². The third kappa shape index (κ3) is 3.94. The summed E-state index contributed by atoms with van der Waals surface area (Å²) >= 11 is 0. The molecule has 3 rings (SSSR count). The molecule has 10 nitrogen and oxygen atoms in total. The molecule has 10 heteroatoms. The number of benzene rings is 1. The first kappa shape index (κ1) is 18.1. The van der Waals surface area contributed by atoms with Crippen LogP contribution < -0.4 is 10.6 Å². The maximum absolute atomic E-state index is 12.3. The maximum Gasteiger partial charge on any atom is 0.315 e. The van der Waals surface area contributed by atoms with Crippen LogP contribution in [0.15, 0.2) is 41.0 Å². The normalized spacial score (nSPS) is 12.8. The Morgan fingerprint density at radius 2 is 1.93 bits per heavy atom. The number of amides is 4. The standard InChI is InChI=1S/C17H16N4O6/c22-15-13-5-4-11(21(25)26)9-14(13)16(23)20(15)7-2-6-18-17(24)19-10-12-3-1-8-27-12/h1,3-5,8-9H,2,6-7,10H2,(H2,18,19,24). The first-order valence-electron chi connectivity index (χ1n) is 8.16. The summed E-state index contributed by atoms with van der Waals surface area (Å²) in [6, 6.07) is 6.63. The van der Waals surface area contributed by atoms with Gasteiger partial charge in [0.05, 0.1) is 28.9 Å². The molecule has 0 fully saturated rings. The Hall–Kier alpha value is -3.69. The molecule has 0 atom stereocenters. The number of urea groups is 1. The van der Waals surface area contributed by atoms with Crippen LogP contribution in [0.1, 0.15) is 32.9 Å². The Balaban J connectivity index is 1.47. The van der Waals surface area contributed by atoms with Crippen molar-refractivity contribution in [3.8, 4) is 0 Å². The zero-order valence-electron chi connectivity index (χ0n) is 14.1. The highest BCUT2D eigenvalue weighted by Crippen LogP contribution is 2.26. The maximum atomic E-state index is 12.3. The minimum atomic E-state index is -0.619. The second-order valence-corrected chi connectivity index (χ2v) is 5.79. The van der Waals surface area contributed by atoms with Crippen LogP contribution in [0.25, 0.3) is 0 Å². The third-order valence-corrected chi connectivity index (χ3v) is 4.01. The number of nitro groups is 1. The molecule has 2 N–H and O–H groups in total. The van der Waals surface area contributed by atoms with Gasteiger partial charge < -0.3 is 15.1 Å². The van der Waals surface area contributed by atoms with Gasteiger partial charge in [0.15, 0.2) is 0 Å². The Kier molecular flexibility index (Phi) is 5.15. The summed E-state index contributed by atoms with van der Waals surface area (Å²) in [5.74, 6) is -0.446. The molecule has 0 aliphatic carbocycles. The zero-order chi connectivity index (χ0) is 19.4. The molecule has 140 valence electrons. The third-order valence-electron chi connectivity index (χ3n) is 4.01. The Labute approximate surface area is 153 Å². The predicted molar refractivity (Wildman–Crippen MR) is 92.0 cm³/mol. The Morgan fingerprint density at radius 3 is 2.63 bits per heavy atom. The number of non-ortho nitro benzene ring substituents is 1. The van der Waals surface area contributed by atoms with E-state index in [0.717, 1.165) is 11.0 Å². The van der Waals surface area contributed by atoms with E-state index in [4.69, 9.17) is 4.42 Å². The number of furan rings is 1. The van der Waals surface area contributed by atoms with Crippen molar-refractivity contribution in [1.82, 2.24) is 15.5 Å². The molecule has 2 heterocycles. The van der Waals surface area contributed by atoms with Crippen LogP contribution in [0, 0.1) is 10.1 Å². The van der Waals surface area contributed by atoms with Crippen LogP contribution in [0.2, 0.25) is 0 Å². The van der Waals surface area contributed by atoms with Gasteiger partial charge in [-0.3, -0.25) is 24.6 Å². The monoisotopic (exact) mass is 372 g/mol. The minimum Gasteiger partial charge on any atom is -0.467 e. The van der Waals surface area contributed by atoms with Gasteiger partial charge >= 0.3 is 6.03 Å². The highest BCUT2D eigenvalue weighted by atomic mass is 16.6. The second kappa shape index (κ2) is 7.68. The van der Waals surface area contributed by atoms with E-state index < -0.39 is 22.8 Å². The molecule has 1 aliphatic heterocycles. The van der Waals surface area contributed by atoms with E-state index in [1.54, 1.807) is 12.1 Å². The van der Waals surface area contributed by atoms with Gasteiger partial charge in [0.2, 0.25) is 0 Å². The van der Waals surface area contributed by atoms with Gasteiger partial charge in [0.1, 0.15) is 5.76 Å². The SMILES string of the molecule is O=C(NCCCN1C(=O)c2ccc([N+](=O)[O-])cc2C1=O)NCc1ccco1. The van der Waals surface area contributed by atoms with Crippen LogP contribution in [0.4, 0.5) is 10.5 Å². The number of nitro benzene ring substituents is 1. The first-order chi connectivity index (χ1) is 13.0. The quantitative estimate of drug-likeness (QED) is 0.328. The lowest BCUT2D eigenvalue weighted by Gasteiger charge is -2.14. The number of carbonyl (C=O) groups excluding carboxylic acids is 3. The molecule has 0 unspecified atom stereocenters. The molecule has 4 amide bonds. The van der Waals surface area contributed by atoms with Gasteiger partial charge in [-0.25, -0.2) is 4.79 Å². The van der Waals surface area contributed by atoms with E-state index in [2.05, 4.69) is 10.6 Å². The van der Waals surface area contributed by atoms with Crippen LogP contribution in [-0.4, -0.2) is 40.8 Å². The van der Waals surface area contributed by atoms with E-state index in [9.17, 15) is 24.5 Å². The fourth-order valence-electron chi connectivity index (χ4n) is 2.68. The summed E-state index contributed by atoms with van der Waals surface area (Å²) in [5.41, 5.74) is -0.0697. The summed E-state index contributed by atoms with van der Waals surface area (Å²) in [4.78, 5) is 47.5. The molecule has 0 saturated carbocycles. The Morgan fingerprint density at radius 1 is 1.15 bits per heavy atom. The molecule has 1 aromatic heterocycles. The van der Waals surface area contributed by atoms with Gasteiger partial charge in [-0.15, -0.1) is 0 Å². The van der Waals surface area contributed by atoms with Gasteiger partial charge in [-0.2, -0.15) is 0 Å². The topological polar surface area (TPSA) is 135 Å². The van der Waals surface area contributed by atoms with Crippen LogP contribution in [0.5, 0.6) is 0 Å². The molecular formula is C17H16N4O6. The first-order valence-corrected chi connectivity index (χ1v) is 8.16. The van der Waals surface area contributed by atoms with E-state index >= 15 is 0 Å². The van der Waals surface area contributed by atoms with Crippen molar-refractivity contribution in [1.29, 1.82) is 0 Å². The molecule has 27 heavy (non-hydrogen) atoms. The molecule has 0 radical (unpaired) electrons. The summed E-state index contributed by atoms with van der Waals surface area (Å²) in [7, 11) is 0. The van der Waals surface area contributed by atoms with E-state index in [1.807, 2.05) is 0 Å². The number of imide groups is 1. The predicted octanol–water partition coefficient (Wildman–Crippen LogP) is 1.67. The largest absolute Gasteiger partial charge is 0.467 e. The van der Waals surface area contributed by atoms with E-state index in [1.165, 1.54) is 18.4 Å². The molecule has 1 aliphatic rings. The number of nitrogens with one attached hydrogen (secondary N) is 2. The zero-order valence-corrected chi connectivity index (χ0v) is 14.1. The molecular weight excluding hydrogens is 356 g/mol. The van der Waals surface area contributed by atoms with Gasteiger partial charge in [0, 0.05) is 25.2 Å². The lowest BCUT2D eigenvalue weighted by molar-refractivity contribution is -0.384. The van der Waals surface area contributed by atoms with Crippen molar-refractivity contribution < 1.29 is 23.7 Å². The van der Waals surface area contributed by atoms with Crippen LogP contribution >= 0.6 is 0 Å². The minimum absolute atomic E-state index is 0.0263. The summed E-state index contributed by atoms with van der Waals surface area (Å²) < 4.78 is 5.09. The fourth-order valence-corrected chi connectivity index (χ4v) is 2.68. The van der Waals surface area contributed by atoms with E-state index in [0.29, 0.717) is 12.2 Å². The second-order valence-electron chi connectivity index (χ2n) is 5.79. The molecule has 0 spiro atoms. The van der Waals surface area contributed by atoms with Crippen molar-refractivity contribution in [3.05, 3.63) is 63.6 Å². The van der Waals surface area contributed by atoms with Gasteiger partial charge in [0.25, 0.3) is 17.5 Å². The Bertz CT molecular complexity index is 893. The van der Waals surface area contributed by atoms with Crippen molar-refractivity contribution in [2.45, 2.75) is 13.0 Å². The van der Waals surface area contributed by atoms with Crippen molar-refractivity contribution in [2.75, 3.05) is 13.1 Å². The van der Waals surface area contributed by atoms with Crippen molar-refractivity contribution in [2.24, 2.45) is 0 Å². The highest BCUT2D eigenvalue weighted by molar-refractivity contribution is 6.21. The fraction of sp³-hybridized carbons (Fsp3) is 0.235. The van der Waals surface area contributed by atoms with Crippen molar-refractivity contribution in [3.63, 3.8) is 0 Å².